The average molecular weight is 356 g/mol. The molecule has 1 fully saturated rings. The van der Waals surface area contributed by atoms with Crippen LogP contribution in [-0.2, 0) is 23.8 Å². The zero-order chi connectivity index (χ0) is 17.4. The summed E-state index contributed by atoms with van der Waals surface area (Å²) in [5.41, 5.74) is 1.01. The largest absolute Gasteiger partial charge is 0.376 e. The third-order valence-corrected chi connectivity index (χ3v) is 5.47. The summed E-state index contributed by atoms with van der Waals surface area (Å²) in [5.74, 6) is 0. The zero-order valence-electron chi connectivity index (χ0n) is 14.6. The van der Waals surface area contributed by atoms with Crippen LogP contribution in [0.3, 0.4) is 0 Å². The Labute approximate surface area is 145 Å². The van der Waals surface area contributed by atoms with Gasteiger partial charge in [0, 0.05) is 6.61 Å². The van der Waals surface area contributed by atoms with Gasteiger partial charge in [0.05, 0.1) is 30.3 Å². The van der Waals surface area contributed by atoms with Crippen LogP contribution in [0.15, 0.2) is 29.2 Å². The molecule has 0 spiro atoms. The van der Waals surface area contributed by atoms with Crippen LogP contribution in [0.5, 0.6) is 0 Å². The summed E-state index contributed by atoms with van der Waals surface area (Å²) in [4.78, 5) is 0.176. The summed E-state index contributed by atoms with van der Waals surface area (Å²) in [5, 5.41) is 0. The summed E-state index contributed by atoms with van der Waals surface area (Å²) >= 11 is 0. The molecule has 0 aromatic heterocycles. The number of benzene rings is 1. The van der Waals surface area contributed by atoms with Crippen molar-refractivity contribution in [2.75, 3.05) is 19.8 Å². The van der Waals surface area contributed by atoms with Crippen LogP contribution in [0.1, 0.15) is 44.6 Å². The van der Waals surface area contributed by atoms with E-state index in [1.807, 2.05) is 6.92 Å². The Morgan fingerprint density at radius 2 is 1.54 bits per heavy atom. The van der Waals surface area contributed by atoms with Crippen molar-refractivity contribution in [2.24, 2.45) is 0 Å². The molecular weight excluding hydrogens is 328 g/mol. The first kappa shape index (κ1) is 19.4. The van der Waals surface area contributed by atoms with Crippen LogP contribution in [-0.4, -0.2) is 40.4 Å². The molecular formula is C18H28O5S. The number of hydrogen-bond donors (Lipinski definition) is 0. The maximum absolute atomic E-state index is 12.1. The van der Waals surface area contributed by atoms with Gasteiger partial charge in [-0.15, -0.1) is 0 Å². The molecule has 24 heavy (non-hydrogen) atoms. The van der Waals surface area contributed by atoms with Crippen molar-refractivity contribution in [3.05, 3.63) is 29.8 Å². The van der Waals surface area contributed by atoms with Crippen molar-refractivity contribution in [1.82, 2.24) is 0 Å². The minimum absolute atomic E-state index is 0.0210. The van der Waals surface area contributed by atoms with Crippen LogP contribution >= 0.6 is 0 Å². The third kappa shape index (κ3) is 5.84. The van der Waals surface area contributed by atoms with Gasteiger partial charge in [0.15, 0.2) is 0 Å². The van der Waals surface area contributed by atoms with Crippen LogP contribution in [0.25, 0.3) is 0 Å². The van der Waals surface area contributed by atoms with E-state index >= 15 is 0 Å². The molecule has 2 rings (SSSR count). The Kier molecular flexibility index (Phi) is 7.68. The van der Waals surface area contributed by atoms with Gasteiger partial charge in [-0.25, -0.2) is 0 Å². The molecule has 0 aliphatic heterocycles. The Bertz CT molecular complexity index is 582. The quantitative estimate of drug-likeness (QED) is 0.501. The predicted octanol–water partition coefficient (Wildman–Crippen LogP) is 3.45. The van der Waals surface area contributed by atoms with E-state index in [2.05, 4.69) is 6.92 Å². The van der Waals surface area contributed by atoms with E-state index in [4.69, 9.17) is 13.7 Å². The summed E-state index contributed by atoms with van der Waals surface area (Å²) in [6.45, 7) is 5.01. The van der Waals surface area contributed by atoms with E-state index in [1.54, 1.807) is 24.3 Å². The highest BCUT2D eigenvalue weighted by atomic mass is 32.2. The normalized spacial score (nSPS) is 21.8. The topological polar surface area (TPSA) is 61.8 Å². The zero-order valence-corrected chi connectivity index (χ0v) is 15.4. The van der Waals surface area contributed by atoms with Gasteiger partial charge < -0.3 is 9.47 Å². The van der Waals surface area contributed by atoms with Crippen molar-refractivity contribution in [2.45, 2.75) is 63.1 Å². The smallest absolute Gasteiger partial charge is 0.297 e. The highest BCUT2D eigenvalue weighted by Crippen LogP contribution is 2.24. The Balaban J connectivity index is 1.77. The summed E-state index contributed by atoms with van der Waals surface area (Å²) < 4.78 is 40.9. The van der Waals surface area contributed by atoms with E-state index in [0.717, 1.165) is 44.3 Å². The fourth-order valence-electron chi connectivity index (χ4n) is 2.83. The number of rotatable bonds is 9. The van der Waals surface area contributed by atoms with Crippen molar-refractivity contribution >= 4 is 10.1 Å². The van der Waals surface area contributed by atoms with Gasteiger partial charge >= 0.3 is 0 Å². The fourth-order valence-corrected chi connectivity index (χ4v) is 3.72. The first-order valence-electron chi connectivity index (χ1n) is 8.72. The molecule has 0 radical (unpaired) electrons. The molecule has 0 N–H and O–H groups in total. The number of hydrogen-bond acceptors (Lipinski definition) is 5. The molecule has 136 valence electrons. The lowest BCUT2D eigenvalue weighted by atomic mass is 9.94. The van der Waals surface area contributed by atoms with Gasteiger partial charge in [0.1, 0.15) is 0 Å². The molecule has 1 aromatic rings. The SMILES string of the molecule is CCCO[C@H]1CCCC[C@H]1OCCOS(=O)(=O)c1ccc(C)cc1. The lowest BCUT2D eigenvalue weighted by Crippen LogP contribution is -2.35. The monoisotopic (exact) mass is 356 g/mol. The molecule has 2 atom stereocenters. The van der Waals surface area contributed by atoms with Crippen molar-refractivity contribution in [3.8, 4) is 0 Å². The fraction of sp³-hybridized carbons (Fsp3) is 0.667. The van der Waals surface area contributed by atoms with E-state index in [0.29, 0.717) is 0 Å². The minimum atomic E-state index is -3.72. The molecule has 0 bridgehead atoms. The Hall–Kier alpha value is -0.950. The molecule has 6 heteroatoms. The average Bonchev–Trinajstić information content (AvgIpc) is 2.58. The molecule has 5 nitrogen and oxygen atoms in total. The molecule has 1 aliphatic carbocycles. The van der Waals surface area contributed by atoms with E-state index < -0.39 is 10.1 Å². The first-order valence-corrected chi connectivity index (χ1v) is 10.1. The van der Waals surface area contributed by atoms with Crippen LogP contribution in [0.4, 0.5) is 0 Å². The van der Waals surface area contributed by atoms with E-state index in [1.165, 1.54) is 0 Å². The lowest BCUT2D eigenvalue weighted by Gasteiger charge is -2.31. The van der Waals surface area contributed by atoms with Gasteiger partial charge in [-0.1, -0.05) is 37.5 Å². The van der Waals surface area contributed by atoms with Crippen molar-refractivity contribution < 1.29 is 22.1 Å². The highest BCUT2D eigenvalue weighted by molar-refractivity contribution is 7.86. The first-order chi connectivity index (χ1) is 11.5. The summed E-state index contributed by atoms with van der Waals surface area (Å²) in [6.07, 6.45) is 5.39. The lowest BCUT2D eigenvalue weighted by molar-refractivity contribution is -0.0957. The molecule has 1 aromatic carbocycles. The van der Waals surface area contributed by atoms with Crippen molar-refractivity contribution in [1.29, 1.82) is 0 Å². The van der Waals surface area contributed by atoms with Crippen LogP contribution in [0.2, 0.25) is 0 Å². The van der Waals surface area contributed by atoms with Gasteiger partial charge in [0.25, 0.3) is 10.1 Å². The van der Waals surface area contributed by atoms with Gasteiger partial charge in [-0.2, -0.15) is 8.42 Å². The standard InChI is InChI=1S/C18H28O5S/c1-3-12-21-17-6-4-5-7-18(17)22-13-14-23-24(19,20)16-10-8-15(2)9-11-16/h8-11,17-18H,3-7,12-14H2,1-2H3/t17-,18+/m0/s1. The van der Waals surface area contributed by atoms with Crippen molar-refractivity contribution in [3.63, 3.8) is 0 Å². The highest BCUT2D eigenvalue weighted by Gasteiger charge is 2.26. The van der Waals surface area contributed by atoms with Gasteiger partial charge in [0.2, 0.25) is 0 Å². The summed E-state index contributed by atoms with van der Waals surface area (Å²) in [7, 11) is -3.72. The molecule has 1 saturated carbocycles. The Morgan fingerprint density at radius 3 is 2.12 bits per heavy atom. The second kappa shape index (κ2) is 9.51. The van der Waals surface area contributed by atoms with Gasteiger partial charge in [-0.05, 0) is 38.3 Å². The van der Waals surface area contributed by atoms with E-state index in [-0.39, 0.29) is 30.3 Å². The van der Waals surface area contributed by atoms with Crippen LogP contribution < -0.4 is 0 Å². The third-order valence-electron chi connectivity index (χ3n) is 4.14. The number of aryl methyl sites for hydroxylation is 1. The molecule has 0 unspecified atom stereocenters. The molecule has 0 amide bonds. The van der Waals surface area contributed by atoms with E-state index in [9.17, 15) is 8.42 Å². The molecule has 1 aliphatic rings. The van der Waals surface area contributed by atoms with Crippen LogP contribution in [0, 0.1) is 6.92 Å². The number of ether oxygens (including phenoxy) is 2. The van der Waals surface area contributed by atoms with Gasteiger partial charge in [-0.3, -0.25) is 4.18 Å². The maximum Gasteiger partial charge on any atom is 0.297 e. The predicted molar refractivity (Wildman–Crippen MR) is 92.6 cm³/mol. The molecule has 0 heterocycles. The summed E-state index contributed by atoms with van der Waals surface area (Å²) in [6, 6.07) is 6.62. The second-order valence-electron chi connectivity index (χ2n) is 6.19. The maximum atomic E-state index is 12.1. The minimum Gasteiger partial charge on any atom is -0.376 e. The molecule has 0 saturated heterocycles. The Morgan fingerprint density at radius 1 is 0.958 bits per heavy atom. The second-order valence-corrected chi connectivity index (χ2v) is 7.81.